The van der Waals surface area contributed by atoms with Gasteiger partial charge in [0.05, 0.1) is 10.6 Å². The van der Waals surface area contributed by atoms with Crippen LogP contribution in [0.15, 0.2) is 30.9 Å². The normalized spacial score (nSPS) is 10.2. The van der Waals surface area contributed by atoms with Crippen molar-refractivity contribution < 1.29 is 9.18 Å². The molecular weight excluding hydrogens is 239 g/mol. The first-order valence-corrected chi connectivity index (χ1v) is 6.12. The van der Waals surface area contributed by atoms with Crippen molar-refractivity contribution in [1.82, 2.24) is 0 Å². The van der Waals surface area contributed by atoms with E-state index in [0.717, 1.165) is 25.7 Å². The molecule has 0 saturated carbocycles. The zero-order chi connectivity index (χ0) is 12.7. The van der Waals surface area contributed by atoms with E-state index in [1.807, 2.05) is 6.08 Å². The van der Waals surface area contributed by atoms with Gasteiger partial charge in [0.15, 0.2) is 11.6 Å². The molecule has 0 aromatic heterocycles. The minimum absolute atomic E-state index is 0.00232. The van der Waals surface area contributed by atoms with Crippen molar-refractivity contribution >= 4 is 17.4 Å². The Balaban J connectivity index is 2.47. The molecular formula is C14H16ClFO. The Bertz CT molecular complexity index is 401. The van der Waals surface area contributed by atoms with E-state index in [4.69, 9.17) is 11.6 Å². The number of hydrogen-bond acceptors (Lipinski definition) is 1. The molecule has 0 saturated heterocycles. The lowest BCUT2D eigenvalue weighted by atomic mass is 10.0. The van der Waals surface area contributed by atoms with Gasteiger partial charge in [0.25, 0.3) is 0 Å². The van der Waals surface area contributed by atoms with Crippen molar-refractivity contribution in [3.8, 4) is 0 Å². The number of benzene rings is 1. The predicted octanol–water partition coefficient (Wildman–Crippen LogP) is 4.80. The first-order valence-electron chi connectivity index (χ1n) is 5.75. The molecule has 0 heterocycles. The number of carbonyl (C=O) groups excluding carboxylic acids is 1. The van der Waals surface area contributed by atoms with Gasteiger partial charge in [-0.15, -0.1) is 6.58 Å². The Morgan fingerprint density at radius 3 is 2.82 bits per heavy atom. The third-order valence-electron chi connectivity index (χ3n) is 2.56. The highest BCUT2D eigenvalue weighted by molar-refractivity contribution is 6.31. The fourth-order valence-corrected chi connectivity index (χ4v) is 1.78. The lowest BCUT2D eigenvalue weighted by Gasteiger charge is -2.03. The molecule has 17 heavy (non-hydrogen) atoms. The Morgan fingerprint density at radius 1 is 1.35 bits per heavy atom. The van der Waals surface area contributed by atoms with E-state index in [1.54, 1.807) is 6.07 Å². The molecule has 0 N–H and O–H groups in total. The summed E-state index contributed by atoms with van der Waals surface area (Å²) in [5, 5.41) is 0.00232. The first kappa shape index (κ1) is 13.9. The molecule has 0 amide bonds. The zero-order valence-corrected chi connectivity index (χ0v) is 10.5. The molecule has 0 aliphatic heterocycles. The smallest absolute Gasteiger partial charge is 0.165 e. The highest BCUT2D eigenvalue weighted by atomic mass is 35.5. The van der Waals surface area contributed by atoms with E-state index >= 15 is 0 Å². The van der Waals surface area contributed by atoms with Crippen LogP contribution < -0.4 is 0 Å². The van der Waals surface area contributed by atoms with E-state index in [0.29, 0.717) is 6.42 Å². The van der Waals surface area contributed by atoms with Crippen molar-refractivity contribution in [2.45, 2.75) is 32.1 Å². The molecule has 0 bridgehead atoms. The Morgan fingerprint density at radius 2 is 2.12 bits per heavy atom. The summed E-state index contributed by atoms with van der Waals surface area (Å²) in [6.07, 6.45) is 5.94. The number of ketones is 1. The first-order chi connectivity index (χ1) is 8.16. The standard InChI is InChI=1S/C14H16ClFO/c1-2-3-4-5-6-10-13(17)11-8-7-9-12(15)14(11)16/h2,7-9H,1,3-6,10H2. The summed E-state index contributed by atoms with van der Waals surface area (Å²) in [5.74, 6) is -0.783. The summed E-state index contributed by atoms with van der Waals surface area (Å²) in [6.45, 7) is 3.63. The molecule has 1 aromatic rings. The second-order valence-electron chi connectivity index (χ2n) is 3.91. The molecule has 0 spiro atoms. The second kappa shape index (κ2) is 7.23. The maximum absolute atomic E-state index is 13.5. The largest absolute Gasteiger partial charge is 0.294 e. The maximum Gasteiger partial charge on any atom is 0.165 e. The lowest BCUT2D eigenvalue weighted by molar-refractivity contribution is 0.0975. The second-order valence-corrected chi connectivity index (χ2v) is 4.32. The van der Waals surface area contributed by atoms with Gasteiger partial charge >= 0.3 is 0 Å². The molecule has 1 rings (SSSR count). The van der Waals surface area contributed by atoms with E-state index in [2.05, 4.69) is 6.58 Å². The van der Waals surface area contributed by atoms with Crippen LogP contribution in [0.5, 0.6) is 0 Å². The van der Waals surface area contributed by atoms with Gasteiger partial charge in [-0.2, -0.15) is 0 Å². The van der Waals surface area contributed by atoms with Crippen LogP contribution in [0.2, 0.25) is 5.02 Å². The number of halogens is 2. The molecule has 3 heteroatoms. The van der Waals surface area contributed by atoms with Crippen LogP contribution in [0, 0.1) is 5.82 Å². The van der Waals surface area contributed by atoms with Crippen LogP contribution in [0.25, 0.3) is 0 Å². The molecule has 92 valence electrons. The lowest BCUT2D eigenvalue weighted by Crippen LogP contribution is -2.02. The molecule has 0 atom stereocenters. The van der Waals surface area contributed by atoms with Crippen LogP contribution in [0.1, 0.15) is 42.5 Å². The molecule has 0 unspecified atom stereocenters. The van der Waals surface area contributed by atoms with Crippen LogP contribution >= 0.6 is 11.6 Å². The van der Waals surface area contributed by atoms with Crippen LogP contribution in [-0.2, 0) is 0 Å². The van der Waals surface area contributed by atoms with E-state index in [-0.39, 0.29) is 16.4 Å². The quantitative estimate of drug-likeness (QED) is 0.388. The van der Waals surface area contributed by atoms with Gasteiger partial charge in [0.2, 0.25) is 0 Å². The fourth-order valence-electron chi connectivity index (χ4n) is 1.60. The number of hydrogen-bond donors (Lipinski definition) is 0. The van der Waals surface area contributed by atoms with Crippen LogP contribution in [0.4, 0.5) is 4.39 Å². The molecule has 0 aliphatic carbocycles. The predicted molar refractivity (Wildman–Crippen MR) is 69.0 cm³/mol. The van der Waals surface area contributed by atoms with Crippen molar-refractivity contribution in [1.29, 1.82) is 0 Å². The molecule has 1 aromatic carbocycles. The monoisotopic (exact) mass is 254 g/mol. The SMILES string of the molecule is C=CCCCCCC(=O)c1cccc(Cl)c1F. The van der Waals surface area contributed by atoms with E-state index < -0.39 is 5.82 Å². The van der Waals surface area contributed by atoms with Gasteiger partial charge in [-0.25, -0.2) is 4.39 Å². The minimum atomic E-state index is -0.606. The Hall–Kier alpha value is -1.15. The third-order valence-corrected chi connectivity index (χ3v) is 2.86. The Labute approximate surface area is 106 Å². The van der Waals surface area contributed by atoms with Gasteiger partial charge in [0, 0.05) is 6.42 Å². The Kier molecular flexibility index (Phi) is 5.92. The molecule has 0 aliphatic rings. The van der Waals surface area contributed by atoms with Crippen molar-refractivity contribution in [2.75, 3.05) is 0 Å². The van der Waals surface area contributed by atoms with Gasteiger partial charge in [-0.1, -0.05) is 30.2 Å². The van der Waals surface area contributed by atoms with E-state index in [1.165, 1.54) is 12.1 Å². The van der Waals surface area contributed by atoms with Crippen molar-refractivity contribution in [2.24, 2.45) is 0 Å². The van der Waals surface area contributed by atoms with Crippen LogP contribution in [0.3, 0.4) is 0 Å². The molecule has 0 radical (unpaired) electrons. The number of unbranched alkanes of at least 4 members (excludes halogenated alkanes) is 3. The number of rotatable bonds is 7. The van der Waals surface area contributed by atoms with Crippen LogP contribution in [-0.4, -0.2) is 5.78 Å². The van der Waals surface area contributed by atoms with Crippen molar-refractivity contribution in [3.05, 3.63) is 47.3 Å². The maximum atomic E-state index is 13.5. The average molecular weight is 255 g/mol. The van der Waals surface area contributed by atoms with Gasteiger partial charge in [-0.3, -0.25) is 4.79 Å². The zero-order valence-electron chi connectivity index (χ0n) is 9.72. The van der Waals surface area contributed by atoms with E-state index in [9.17, 15) is 9.18 Å². The van der Waals surface area contributed by atoms with Gasteiger partial charge in [-0.05, 0) is 31.4 Å². The average Bonchev–Trinajstić information content (AvgIpc) is 2.32. The number of carbonyl (C=O) groups is 1. The van der Waals surface area contributed by atoms with Gasteiger partial charge in [0.1, 0.15) is 0 Å². The summed E-state index contributed by atoms with van der Waals surface area (Å²) >= 11 is 5.62. The molecule has 1 nitrogen and oxygen atoms in total. The topological polar surface area (TPSA) is 17.1 Å². The molecule has 0 fully saturated rings. The fraction of sp³-hybridized carbons (Fsp3) is 0.357. The van der Waals surface area contributed by atoms with Gasteiger partial charge < -0.3 is 0 Å². The minimum Gasteiger partial charge on any atom is -0.294 e. The summed E-state index contributed by atoms with van der Waals surface area (Å²) in [7, 11) is 0. The summed E-state index contributed by atoms with van der Waals surface area (Å²) in [4.78, 5) is 11.7. The third kappa shape index (κ3) is 4.31. The number of allylic oxidation sites excluding steroid dienone is 1. The highest BCUT2D eigenvalue weighted by Gasteiger charge is 2.13. The summed E-state index contributed by atoms with van der Waals surface area (Å²) < 4.78 is 13.5. The number of Topliss-reactive ketones (excluding diaryl/α,β-unsaturated/α-hetero) is 1. The van der Waals surface area contributed by atoms with Crippen molar-refractivity contribution in [3.63, 3.8) is 0 Å². The highest BCUT2D eigenvalue weighted by Crippen LogP contribution is 2.20. The summed E-state index contributed by atoms with van der Waals surface area (Å²) in [6, 6.07) is 4.52. The summed E-state index contributed by atoms with van der Waals surface area (Å²) in [5.41, 5.74) is 0.0984.